The van der Waals surface area contributed by atoms with Crippen LogP contribution >= 0.6 is 11.6 Å². The molecule has 4 nitrogen and oxygen atoms in total. The number of piperidine rings is 1. The van der Waals surface area contributed by atoms with Crippen molar-refractivity contribution in [1.29, 1.82) is 0 Å². The Balaban J connectivity index is 1.76. The average molecular weight is 483 g/mol. The van der Waals surface area contributed by atoms with Crippen molar-refractivity contribution >= 4 is 23.2 Å². The van der Waals surface area contributed by atoms with Crippen LogP contribution in [0, 0.1) is 11.3 Å². The van der Waals surface area contributed by atoms with Crippen molar-refractivity contribution < 1.29 is 23.1 Å². The van der Waals surface area contributed by atoms with Crippen LogP contribution in [0.4, 0.5) is 18.9 Å². The van der Waals surface area contributed by atoms with Crippen molar-refractivity contribution in [2.45, 2.75) is 51.9 Å². The molecule has 0 unspecified atom stereocenters. The summed E-state index contributed by atoms with van der Waals surface area (Å²) in [4.78, 5) is 15.2. The highest BCUT2D eigenvalue weighted by molar-refractivity contribution is 6.30. The van der Waals surface area contributed by atoms with E-state index in [-0.39, 0.29) is 11.8 Å². The lowest BCUT2D eigenvalue weighted by Crippen LogP contribution is -2.59. The lowest BCUT2D eigenvalue weighted by molar-refractivity contribution is -0.154. The number of nitrogens with one attached hydrogen (secondary N) is 1. The second-order valence-electron chi connectivity index (χ2n) is 9.70. The SMILES string of the molecule is CC(C)[C@@H](Nc1ccc(C(F)(F)F)cc1)C(=O)N1CC[C@](O)(c2ccc(Cl)cc2)C(C)(C)C1. The van der Waals surface area contributed by atoms with Crippen molar-refractivity contribution in [1.82, 2.24) is 4.90 Å². The van der Waals surface area contributed by atoms with Crippen molar-refractivity contribution in [2.75, 3.05) is 18.4 Å². The molecule has 8 heteroatoms. The fourth-order valence-electron chi connectivity index (χ4n) is 4.42. The summed E-state index contributed by atoms with van der Waals surface area (Å²) in [5.41, 5.74) is -1.29. The lowest BCUT2D eigenvalue weighted by atomic mass is 9.66. The Hall–Kier alpha value is -2.25. The van der Waals surface area contributed by atoms with Gasteiger partial charge in [-0.25, -0.2) is 0 Å². The van der Waals surface area contributed by atoms with Crippen molar-refractivity contribution in [3.8, 4) is 0 Å². The summed E-state index contributed by atoms with van der Waals surface area (Å²) in [7, 11) is 0. The molecule has 1 saturated heterocycles. The van der Waals surface area contributed by atoms with Gasteiger partial charge in [-0.1, -0.05) is 51.4 Å². The van der Waals surface area contributed by atoms with Gasteiger partial charge in [0.25, 0.3) is 0 Å². The number of carbonyl (C=O) groups is 1. The molecule has 1 fully saturated rings. The largest absolute Gasteiger partial charge is 0.416 e. The summed E-state index contributed by atoms with van der Waals surface area (Å²) in [5.74, 6) is -0.240. The van der Waals surface area contributed by atoms with E-state index in [1.165, 1.54) is 12.1 Å². The van der Waals surface area contributed by atoms with Gasteiger partial charge >= 0.3 is 6.18 Å². The Morgan fingerprint density at radius 3 is 2.15 bits per heavy atom. The van der Waals surface area contributed by atoms with E-state index in [1.54, 1.807) is 17.0 Å². The summed E-state index contributed by atoms with van der Waals surface area (Å²) in [6, 6.07) is 11.2. The highest BCUT2D eigenvalue weighted by Crippen LogP contribution is 2.46. The van der Waals surface area contributed by atoms with Crippen LogP contribution in [0.1, 0.15) is 45.2 Å². The van der Waals surface area contributed by atoms with Gasteiger partial charge in [0, 0.05) is 29.2 Å². The minimum Gasteiger partial charge on any atom is -0.384 e. The topological polar surface area (TPSA) is 52.6 Å². The van der Waals surface area contributed by atoms with Crippen LogP contribution in [0.3, 0.4) is 0 Å². The minimum atomic E-state index is -4.41. The molecule has 180 valence electrons. The maximum Gasteiger partial charge on any atom is 0.416 e. The van der Waals surface area contributed by atoms with Crippen LogP contribution in [-0.4, -0.2) is 35.0 Å². The van der Waals surface area contributed by atoms with E-state index in [0.717, 1.165) is 17.7 Å². The van der Waals surface area contributed by atoms with E-state index >= 15 is 0 Å². The number of hydrogen-bond acceptors (Lipinski definition) is 3. The molecule has 1 heterocycles. The summed E-state index contributed by atoms with van der Waals surface area (Å²) in [6.07, 6.45) is -4.05. The zero-order valence-corrected chi connectivity index (χ0v) is 20.0. The van der Waals surface area contributed by atoms with Crippen LogP contribution < -0.4 is 5.32 Å². The van der Waals surface area contributed by atoms with Gasteiger partial charge in [-0.15, -0.1) is 0 Å². The fraction of sp³-hybridized carbons (Fsp3) is 0.480. The lowest BCUT2D eigenvalue weighted by Gasteiger charge is -2.51. The Morgan fingerprint density at radius 2 is 1.67 bits per heavy atom. The van der Waals surface area contributed by atoms with Gasteiger partial charge < -0.3 is 15.3 Å². The van der Waals surface area contributed by atoms with Crippen LogP contribution in [0.15, 0.2) is 48.5 Å². The second kappa shape index (κ2) is 9.18. The standard InChI is InChI=1S/C25H30ClF3N2O2/c1-16(2)21(30-20-11-7-18(8-12-20)25(27,28)29)22(32)31-14-13-24(33,23(3,4)15-31)17-5-9-19(26)10-6-17/h5-12,16,21,30,33H,13-15H2,1-4H3/t21-,24+/m1/s1. The Bertz CT molecular complexity index is 975. The number of alkyl halides is 3. The molecule has 3 rings (SSSR count). The van der Waals surface area contributed by atoms with Gasteiger partial charge in [-0.05, 0) is 54.3 Å². The summed E-state index contributed by atoms with van der Waals surface area (Å²) in [6.45, 7) is 8.32. The molecule has 2 aromatic carbocycles. The first-order valence-electron chi connectivity index (χ1n) is 11.0. The first-order valence-corrected chi connectivity index (χ1v) is 11.3. The molecule has 1 aliphatic heterocycles. The van der Waals surface area contributed by atoms with Crippen LogP contribution in [0.5, 0.6) is 0 Å². The van der Waals surface area contributed by atoms with E-state index in [4.69, 9.17) is 11.6 Å². The van der Waals surface area contributed by atoms with Crippen LogP contribution in [0.2, 0.25) is 5.02 Å². The third-order valence-electron chi connectivity index (χ3n) is 6.55. The molecular weight excluding hydrogens is 453 g/mol. The maximum absolute atomic E-state index is 13.4. The zero-order valence-electron chi connectivity index (χ0n) is 19.2. The van der Waals surface area contributed by atoms with Gasteiger partial charge in [-0.3, -0.25) is 4.79 Å². The molecule has 1 amide bonds. The number of halogens is 4. The molecular formula is C25H30ClF3N2O2. The van der Waals surface area contributed by atoms with Crippen molar-refractivity contribution in [3.05, 3.63) is 64.7 Å². The maximum atomic E-state index is 13.4. The van der Waals surface area contributed by atoms with Crippen molar-refractivity contribution in [2.24, 2.45) is 11.3 Å². The molecule has 0 radical (unpaired) electrons. The molecule has 1 aliphatic rings. The van der Waals surface area contributed by atoms with Crippen LogP contribution in [-0.2, 0) is 16.6 Å². The van der Waals surface area contributed by atoms with Gasteiger partial charge in [0.15, 0.2) is 0 Å². The predicted octanol–water partition coefficient (Wildman–Crippen LogP) is 5.94. The number of aliphatic hydroxyl groups is 1. The molecule has 0 bridgehead atoms. The van der Waals surface area contributed by atoms with E-state index in [0.29, 0.717) is 30.2 Å². The number of rotatable bonds is 5. The number of nitrogens with zero attached hydrogens (tertiary/aromatic N) is 1. The van der Waals surface area contributed by atoms with E-state index < -0.39 is 28.8 Å². The number of hydrogen-bond donors (Lipinski definition) is 2. The summed E-state index contributed by atoms with van der Waals surface area (Å²) in [5, 5.41) is 15.2. The van der Waals surface area contributed by atoms with E-state index in [2.05, 4.69) is 5.32 Å². The summed E-state index contributed by atoms with van der Waals surface area (Å²) < 4.78 is 38.6. The molecule has 0 saturated carbocycles. The summed E-state index contributed by atoms with van der Waals surface area (Å²) >= 11 is 6.00. The zero-order chi connectivity index (χ0) is 24.6. The van der Waals surface area contributed by atoms with Gasteiger partial charge in [0.05, 0.1) is 11.2 Å². The molecule has 2 atom stereocenters. The normalized spacial score (nSPS) is 21.7. The van der Waals surface area contributed by atoms with Gasteiger partial charge in [0.1, 0.15) is 6.04 Å². The molecule has 0 spiro atoms. The highest BCUT2D eigenvalue weighted by Gasteiger charge is 2.50. The fourth-order valence-corrected chi connectivity index (χ4v) is 4.54. The first kappa shape index (κ1) is 25.4. The third-order valence-corrected chi connectivity index (χ3v) is 6.80. The number of carbonyl (C=O) groups excluding carboxylic acids is 1. The Kier molecular flexibility index (Phi) is 7.06. The Morgan fingerprint density at radius 1 is 1.09 bits per heavy atom. The van der Waals surface area contributed by atoms with Crippen LogP contribution in [0.25, 0.3) is 0 Å². The molecule has 33 heavy (non-hydrogen) atoms. The number of anilines is 1. The van der Waals surface area contributed by atoms with E-state index in [1.807, 2.05) is 39.8 Å². The molecule has 0 aliphatic carbocycles. The highest BCUT2D eigenvalue weighted by atomic mass is 35.5. The monoisotopic (exact) mass is 482 g/mol. The van der Waals surface area contributed by atoms with Crippen molar-refractivity contribution in [3.63, 3.8) is 0 Å². The first-order chi connectivity index (χ1) is 15.2. The molecule has 2 aromatic rings. The average Bonchev–Trinajstić information content (AvgIpc) is 2.73. The van der Waals surface area contributed by atoms with Gasteiger partial charge in [0.2, 0.25) is 5.91 Å². The molecule has 2 N–H and O–H groups in total. The molecule has 0 aromatic heterocycles. The number of amides is 1. The number of benzene rings is 2. The number of likely N-dealkylation sites (tertiary alicyclic amines) is 1. The van der Waals surface area contributed by atoms with Gasteiger partial charge in [-0.2, -0.15) is 13.2 Å². The van der Waals surface area contributed by atoms with E-state index in [9.17, 15) is 23.1 Å². The second-order valence-corrected chi connectivity index (χ2v) is 10.1. The third kappa shape index (κ3) is 5.30. The predicted molar refractivity (Wildman–Crippen MR) is 124 cm³/mol. The Labute approximate surface area is 197 Å². The smallest absolute Gasteiger partial charge is 0.384 e. The quantitative estimate of drug-likeness (QED) is 0.554. The minimum absolute atomic E-state index is 0.0972.